The number of hydrogen-bond donors (Lipinski definition) is 2. The van der Waals surface area contributed by atoms with E-state index in [1.807, 2.05) is 42.5 Å². The molecular formula is C31H42ClN3O4. The Morgan fingerprint density at radius 3 is 2.28 bits per heavy atom. The third-order valence-corrected chi connectivity index (χ3v) is 7.96. The van der Waals surface area contributed by atoms with Crippen molar-refractivity contribution in [3.8, 4) is 0 Å². The normalized spacial score (nSPS) is 20.5. The molecule has 0 radical (unpaired) electrons. The number of likely N-dealkylation sites (tertiary alicyclic amines) is 1. The largest absolute Gasteiger partial charge is 0.466 e. The van der Waals surface area contributed by atoms with E-state index < -0.39 is 11.1 Å². The number of rotatable bonds is 9. The third kappa shape index (κ3) is 7.00. The van der Waals surface area contributed by atoms with Crippen molar-refractivity contribution in [3.05, 3.63) is 71.3 Å². The molecule has 0 saturated carbocycles. The third-order valence-electron chi connectivity index (χ3n) is 7.96. The van der Waals surface area contributed by atoms with E-state index in [2.05, 4.69) is 17.4 Å². The number of halogens is 1. The van der Waals surface area contributed by atoms with Gasteiger partial charge in [-0.1, -0.05) is 68.4 Å². The van der Waals surface area contributed by atoms with E-state index in [1.54, 1.807) is 25.7 Å². The number of hydrogen-bond acceptors (Lipinski definition) is 5. The number of benzene rings is 2. The van der Waals surface area contributed by atoms with Gasteiger partial charge in [0, 0.05) is 19.0 Å². The molecule has 0 bridgehead atoms. The standard InChI is InChI=1S/C31H41N3O4.ClH/c1-4-38-29(37)30(19-23-11-6-5-7-12-23)15-10-16-34(21-30)28(36)31(32,33-27(35)22(2)3)20-24-17-25-13-8-9-14-26(25)18-24;/h5-9,11-14,22,24H,4,10,15-21,32H2,1-3H3,(H,33,35);1H/t30?,31-;/m1./s1. The maximum absolute atomic E-state index is 14.2. The van der Waals surface area contributed by atoms with E-state index in [-0.39, 0.29) is 55.2 Å². The fourth-order valence-corrected chi connectivity index (χ4v) is 6.05. The average Bonchev–Trinajstić information content (AvgIpc) is 3.31. The number of nitrogens with zero attached hydrogens (tertiary/aromatic N) is 1. The van der Waals surface area contributed by atoms with Crippen molar-refractivity contribution in [2.24, 2.45) is 23.0 Å². The molecule has 4 rings (SSSR count). The van der Waals surface area contributed by atoms with Crippen LogP contribution in [-0.2, 0) is 38.4 Å². The van der Waals surface area contributed by atoms with E-state index in [0.29, 0.717) is 32.2 Å². The van der Waals surface area contributed by atoms with Crippen LogP contribution in [0.5, 0.6) is 0 Å². The van der Waals surface area contributed by atoms with Gasteiger partial charge in [-0.05, 0) is 68.1 Å². The summed E-state index contributed by atoms with van der Waals surface area (Å²) in [5.41, 5.74) is 8.00. The lowest BCUT2D eigenvalue weighted by molar-refractivity contribution is -0.162. The van der Waals surface area contributed by atoms with Crippen LogP contribution in [0.4, 0.5) is 0 Å². The van der Waals surface area contributed by atoms with Crippen LogP contribution in [0.15, 0.2) is 54.6 Å². The number of carbonyl (C=O) groups excluding carboxylic acids is 3. The number of carbonyl (C=O) groups is 3. The molecule has 2 aliphatic rings. The van der Waals surface area contributed by atoms with Crippen molar-refractivity contribution in [1.82, 2.24) is 10.2 Å². The van der Waals surface area contributed by atoms with Gasteiger partial charge in [0.1, 0.15) is 0 Å². The van der Waals surface area contributed by atoms with Gasteiger partial charge in [-0.2, -0.15) is 0 Å². The van der Waals surface area contributed by atoms with Gasteiger partial charge in [0.25, 0.3) is 5.91 Å². The topological polar surface area (TPSA) is 102 Å². The Bertz CT molecular complexity index is 1130. The van der Waals surface area contributed by atoms with Gasteiger partial charge in [0.2, 0.25) is 5.91 Å². The van der Waals surface area contributed by atoms with Crippen molar-refractivity contribution >= 4 is 30.2 Å². The molecule has 7 nitrogen and oxygen atoms in total. The average molecular weight is 556 g/mol. The quantitative estimate of drug-likeness (QED) is 0.359. The molecule has 1 aliphatic carbocycles. The molecule has 1 aliphatic heterocycles. The molecule has 1 fully saturated rings. The van der Waals surface area contributed by atoms with E-state index in [9.17, 15) is 14.4 Å². The first-order chi connectivity index (χ1) is 18.2. The lowest BCUT2D eigenvalue weighted by Crippen LogP contribution is -2.68. The lowest BCUT2D eigenvalue weighted by atomic mass is 9.74. The SMILES string of the molecule is CCOC(=O)C1(Cc2ccccc2)CCCN(C(=O)[C@@](N)(CC2Cc3ccccc3C2)NC(=O)C(C)C)C1.Cl. The van der Waals surface area contributed by atoms with Crippen LogP contribution < -0.4 is 11.1 Å². The zero-order valence-corrected chi connectivity index (χ0v) is 24.1. The van der Waals surface area contributed by atoms with Crippen molar-refractivity contribution in [3.63, 3.8) is 0 Å². The summed E-state index contributed by atoms with van der Waals surface area (Å²) in [6, 6.07) is 18.1. The molecule has 39 heavy (non-hydrogen) atoms. The molecule has 1 unspecified atom stereocenters. The summed E-state index contributed by atoms with van der Waals surface area (Å²) in [5.74, 6) is -1.05. The molecule has 3 N–H and O–H groups in total. The minimum Gasteiger partial charge on any atom is -0.466 e. The number of amides is 2. The molecular weight excluding hydrogens is 514 g/mol. The molecule has 2 atom stereocenters. The van der Waals surface area contributed by atoms with Crippen molar-refractivity contribution in [2.75, 3.05) is 19.7 Å². The summed E-state index contributed by atoms with van der Waals surface area (Å²) in [5, 5.41) is 2.91. The number of nitrogens with two attached hydrogens (primary N) is 1. The second-order valence-corrected chi connectivity index (χ2v) is 11.4. The Labute approximate surface area is 238 Å². The Balaban J connectivity index is 0.00000420. The lowest BCUT2D eigenvalue weighted by Gasteiger charge is -2.44. The number of fused-ring (bicyclic) bond motifs is 1. The fraction of sp³-hybridized carbons (Fsp3) is 0.516. The summed E-state index contributed by atoms with van der Waals surface area (Å²) >= 11 is 0. The second kappa shape index (κ2) is 13.0. The Morgan fingerprint density at radius 2 is 1.69 bits per heavy atom. The Kier molecular flexibility index (Phi) is 10.2. The monoisotopic (exact) mass is 555 g/mol. The Morgan fingerprint density at radius 1 is 1.08 bits per heavy atom. The zero-order chi connectivity index (χ0) is 27.3. The second-order valence-electron chi connectivity index (χ2n) is 11.4. The molecule has 1 saturated heterocycles. The maximum atomic E-state index is 14.2. The summed E-state index contributed by atoms with van der Waals surface area (Å²) in [6.07, 6.45) is 3.73. The molecule has 0 spiro atoms. The van der Waals surface area contributed by atoms with E-state index >= 15 is 0 Å². The number of piperidine rings is 1. The number of nitrogens with one attached hydrogen (secondary N) is 1. The molecule has 212 valence electrons. The summed E-state index contributed by atoms with van der Waals surface area (Å²) in [6.45, 7) is 6.34. The highest BCUT2D eigenvalue weighted by atomic mass is 35.5. The minimum absolute atomic E-state index is 0. The predicted octanol–water partition coefficient (Wildman–Crippen LogP) is 4.06. The van der Waals surface area contributed by atoms with Gasteiger partial charge in [-0.25, -0.2) is 0 Å². The molecule has 2 aromatic carbocycles. The Hall–Kier alpha value is -2.90. The van der Waals surface area contributed by atoms with Crippen molar-refractivity contribution in [2.45, 2.75) is 65.0 Å². The summed E-state index contributed by atoms with van der Waals surface area (Å²) in [4.78, 5) is 42.1. The van der Waals surface area contributed by atoms with E-state index in [0.717, 1.165) is 18.4 Å². The van der Waals surface area contributed by atoms with E-state index in [4.69, 9.17) is 10.5 Å². The molecule has 2 amide bonds. The molecule has 2 aromatic rings. The van der Waals surface area contributed by atoms with Crippen LogP contribution in [0.3, 0.4) is 0 Å². The van der Waals surface area contributed by atoms with Gasteiger partial charge in [-0.15, -0.1) is 12.4 Å². The first kappa shape index (κ1) is 30.6. The van der Waals surface area contributed by atoms with Gasteiger partial charge < -0.3 is 20.7 Å². The first-order valence-electron chi connectivity index (χ1n) is 13.8. The highest BCUT2D eigenvalue weighted by Crippen LogP contribution is 2.37. The highest BCUT2D eigenvalue weighted by molar-refractivity contribution is 5.92. The maximum Gasteiger partial charge on any atom is 0.314 e. The van der Waals surface area contributed by atoms with Crippen LogP contribution >= 0.6 is 12.4 Å². The summed E-state index contributed by atoms with van der Waals surface area (Å²) in [7, 11) is 0. The van der Waals surface area contributed by atoms with Crippen LogP contribution in [0.1, 0.15) is 56.7 Å². The molecule has 0 aromatic heterocycles. The highest BCUT2D eigenvalue weighted by Gasteiger charge is 2.49. The predicted molar refractivity (Wildman–Crippen MR) is 154 cm³/mol. The van der Waals surface area contributed by atoms with Gasteiger partial charge in [0.05, 0.1) is 12.0 Å². The van der Waals surface area contributed by atoms with Crippen molar-refractivity contribution < 1.29 is 19.1 Å². The van der Waals surface area contributed by atoms with Crippen LogP contribution in [0, 0.1) is 17.3 Å². The van der Waals surface area contributed by atoms with Crippen LogP contribution in [0.25, 0.3) is 0 Å². The molecule has 8 heteroatoms. The smallest absolute Gasteiger partial charge is 0.314 e. The van der Waals surface area contributed by atoms with Crippen LogP contribution in [0.2, 0.25) is 0 Å². The van der Waals surface area contributed by atoms with Crippen molar-refractivity contribution in [1.29, 1.82) is 0 Å². The number of ether oxygens (including phenoxy) is 1. The minimum atomic E-state index is -1.56. The zero-order valence-electron chi connectivity index (χ0n) is 23.3. The van der Waals surface area contributed by atoms with Gasteiger partial charge >= 0.3 is 5.97 Å². The summed E-state index contributed by atoms with van der Waals surface area (Å²) < 4.78 is 5.53. The molecule has 1 heterocycles. The van der Waals surface area contributed by atoms with Gasteiger partial charge in [-0.3, -0.25) is 14.4 Å². The van der Waals surface area contributed by atoms with Gasteiger partial charge in [0.15, 0.2) is 5.66 Å². The van der Waals surface area contributed by atoms with Crippen LogP contribution in [-0.4, -0.2) is 48.0 Å². The first-order valence-corrected chi connectivity index (χ1v) is 13.8. The fourth-order valence-electron chi connectivity index (χ4n) is 6.05. The number of esters is 1. The van der Waals surface area contributed by atoms with E-state index in [1.165, 1.54) is 11.1 Å².